The van der Waals surface area contributed by atoms with Gasteiger partial charge in [0.25, 0.3) is 5.91 Å². The normalized spacial score (nSPS) is 10.3. The average molecular weight is 285 g/mol. The van der Waals surface area contributed by atoms with E-state index in [9.17, 15) is 4.79 Å². The lowest BCUT2D eigenvalue weighted by atomic mass is 10.2. The van der Waals surface area contributed by atoms with E-state index in [1.54, 1.807) is 20.2 Å². The van der Waals surface area contributed by atoms with Crippen LogP contribution in [0.25, 0.3) is 0 Å². The van der Waals surface area contributed by atoms with Crippen LogP contribution in [0.1, 0.15) is 18.9 Å². The van der Waals surface area contributed by atoms with Gasteiger partial charge in [0.2, 0.25) is 0 Å². The molecule has 0 atom stereocenters. The van der Waals surface area contributed by atoms with E-state index in [1.807, 2.05) is 12.1 Å². The van der Waals surface area contributed by atoms with Crippen molar-refractivity contribution in [2.45, 2.75) is 19.9 Å². The minimum Gasteiger partial charge on any atom is -0.482 e. The van der Waals surface area contributed by atoms with Gasteiger partial charge in [-0.1, -0.05) is 24.6 Å². The van der Waals surface area contributed by atoms with E-state index >= 15 is 0 Å². The van der Waals surface area contributed by atoms with Crippen molar-refractivity contribution in [3.8, 4) is 5.75 Å². The lowest BCUT2D eigenvalue weighted by Gasteiger charge is -2.13. The molecule has 0 spiro atoms. The summed E-state index contributed by atoms with van der Waals surface area (Å²) in [5, 5.41) is 3.83. The van der Waals surface area contributed by atoms with Gasteiger partial charge in [-0.2, -0.15) is 0 Å². The van der Waals surface area contributed by atoms with Gasteiger partial charge >= 0.3 is 0 Å². The number of nitrogens with zero attached hydrogens (tertiary/aromatic N) is 1. The van der Waals surface area contributed by atoms with Crippen molar-refractivity contribution in [1.29, 1.82) is 0 Å². The van der Waals surface area contributed by atoms with Gasteiger partial charge in [0, 0.05) is 20.6 Å². The van der Waals surface area contributed by atoms with E-state index in [0.29, 0.717) is 10.8 Å². The maximum absolute atomic E-state index is 11.4. The molecule has 0 heterocycles. The van der Waals surface area contributed by atoms with Crippen LogP contribution in [0, 0.1) is 0 Å². The van der Waals surface area contributed by atoms with Crippen LogP contribution in [0.3, 0.4) is 0 Å². The molecular formula is C14H21ClN2O2. The average Bonchev–Trinajstić information content (AvgIpc) is 2.37. The summed E-state index contributed by atoms with van der Waals surface area (Å²) in [6.45, 7) is 3.89. The smallest absolute Gasteiger partial charge is 0.259 e. The molecule has 1 rings (SSSR count). The van der Waals surface area contributed by atoms with Crippen LogP contribution in [-0.4, -0.2) is 38.1 Å². The summed E-state index contributed by atoms with van der Waals surface area (Å²) in [5.41, 5.74) is 1.10. The highest BCUT2D eigenvalue weighted by Crippen LogP contribution is 2.25. The number of amides is 1. The van der Waals surface area contributed by atoms with Crippen molar-refractivity contribution >= 4 is 17.5 Å². The molecule has 1 aromatic carbocycles. The van der Waals surface area contributed by atoms with E-state index in [0.717, 1.165) is 25.1 Å². The van der Waals surface area contributed by atoms with Crippen LogP contribution < -0.4 is 10.1 Å². The molecule has 0 bridgehead atoms. The molecule has 0 aliphatic heterocycles. The first-order valence-corrected chi connectivity index (χ1v) is 6.74. The topological polar surface area (TPSA) is 41.6 Å². The van der Waals surface area contributed by atoms with Crippen molar-refractivity contribution in [2.24, 2.45) is 0 Å². The fourth-order valence-electron chi connectivity index (χ4n) is 1.45. The van der Waals surface area contributed by atoms with Crippen molar-refractivity contribution in [1.82, 2.24) is 10.2 Å². The molecule has 106 valence electrons. The maximum atomic E-state index is 11.4. The molecule has 1 aromatic rings. The summed E-state index contributed by atoms with van der Waals surface area (Å²) >= 11 is 6.13. The van der Waals surface area contributed by atoms with Gasteiger partial charge in [0.1, 0.15) is 5.75 Å². The van der Waals surface area contributed by atoms with Crippen molar-refractivity contribution in [3.05, 3.63) is 28.8 Å². The zero-order chi connectivity index (χ0) is 14.3. The van der Waals surface area contributed by atoms with Crippen LogP contribution in [0.4, 0.5) is 0 Å². The number of nitrogens with one attached hydrogen (secondary N) is 1. The second-order valence-corrected chi connectivity index (χ2v) is 4.93. The molecule has 0 aromatic heterocycles. The van der Waals surface area contributed by atoms with Gasteiger partial charge in [0.15, 0.2) is 6.61 Å². The first kappa shape index (κ1) is 15.8. The number of ether oxygens (including phenoxy) is 1. The van der Waals surface area contributed by atoms with Gasteiger partial charge in [-0.15, -0.1) is 0 Å². The van der Waals surface area contributed by atoms with Gasteiger partial charge in [-0.3, -0.25) is 4.79 Å². The van der Waals surface area contributed by atoms with E-state index < -0.39 is 0 Å². The second-order valence-electron chi connectivity index (χ2n) is 4.52. The molecule has 0 aliphatic rings. The second kappa shape index (κ2) is 8.02. The highest BCUT2D eigenvalue weighted by atomic mass is 35.5. The van der Waals surface area contributed by atoms with Crippen LogP contribution in [0.2, 0.25) is 5.02 Å². The maximum Gasteiger partial charge on any atom is 0.259 e. The van der Waals surface area contributed by atoms with Gasteiger partial charge in [0.05, 0.1) is 5.02 Å². The number of hydrogen-bond donors (Lipinski definition) is 1. The van der Waals surface area contributed by atoms with Crippen molar-refractivity contribution < 1.29 is 9.53 Å². The SMILES string of the molecule is CCCNCc1ccc(OCC(=O)N(C)C)c(Cl)c1. The third-order valence-corrected chi connectivity index (χ3v) is 2.90. The molecule has 0 saturated carbocycles. The molecule has 5 heteroatoms. The standard InChI is InChI=1S/C14H21ClN2O2/c1-4-7-16-9-11-5-6-13(12(15)8-11)19-10-14(18)17(2)3/h5-6,8,16H,4,7,9-10H2,1-3H3. The lowest BCUT2D eigenvalue weighted by Crippen LogP contribution is -2.27. The molecule has 4 nitrogen and oxygen atoms in total. The van der Waals surface area contributed by atoms with Gasteiger partial charge in [-0.05, 0) is 30.7 Å². The monoisotopic (exact) mass is 284 g/mol. The Bertz CT molecular complexity index is 422. The predicted octanol–water partition coefficient (Wildman–Crippen LogP) is 2.31. The van der Waals surface area contributed by atoms with Crippen LogP contribution in [0.15, 0.2) is 18.2 Å². The first-order chi connectivity index (χ1) is 9.04. The molecule has 0 unspecified atom stereocenters. The highest BCUT2D eigenvalue weighted by molar-refractivity contribution is 6.32. The summed E-state index contributed by atoms with van der Waals surface area (Å²) in [6, 6.07) is 5.61. The number of rotatable bonds is 7. The Morgan fingerprint density at radius 1 is 1.42 bits per heavy atom. The fraction of sp³-hybridized carbons (Fsp3) is 0.500. The molecular weight excluding hydrogens is 264 g/mol. The third kappa shape index (κ3) is 5.49. The van der Waals surface area contributed by atoms with Crippen molar-refractivity contribution in [2.75, 3.05) is 27.2 Å². The Kier molecular flexibility index (Phi) is 6.67. The van der Waals surface area contributed by atoms with E-state index in [1.165, 1.54) is 4.90 Å². The molecule has 1 amide bonds. The summed E-state index contributed by atoms with van der Waals surface area (Å²) in [6.07, 6.45) is 1.10. The Morgan fingerprint density at radius 2 is 2.16 bits per heavy atom. The Labute approximate surface area is 119 Å². The van der Waals surface area contributed by atoms with E-state index in [4.69, 9.17) is 16.3 Å². The van der Waals surface area contributed by atoms with Crippen molar-refractivity contribution in [3.63, 3.8) is 0 Å². The zero-order valence-corrected chi connectivity index (χ0v) is 12.5. The quantitative estimate of drug-likeness (QED) is 0.781. The number of halogens is 1. The summed E-state index contributed by atoms with van der Waals surface area (Å²) in [4.78, 5) is 12.9. The molecule has 19 heavy (non-hydrogen) atoms. The number of hydrogen-bond acceptors (Lipinski definition) is 3. The first-order valence-electron chi connectivity index (χ1n) is 6.36. The van der Waals surface area contributed by atoms with Gasteiger partial charge in [-0.25, -0.2) is 0 Å². The number of likely N-dealkylation sites (N-methyl/N-ethyl adjacent to an activating group) is 1. The minimum absolute atomic E-state index is 0.000150. The Balaban J connectivity index is 2.54. The fourth-order valence-corrected chi connectivity index (χ4v) is 1.71. The van der Waals surface area contributed by atoms with Gasteiger partial charge < -0.3 is 15.0 Å². The van der Waals surface area contributed by atoms with Crippen LogP contribution >= 0.6 is 11.6 Å². The molecule has 0 saturated heterocycles. The number of carbonyl (C=O) groups is 1. The Morgan fingerprint density at radius 3 is 2.74 bits per heavy atom. The molecule has 1 N–H and O–H groups in total. The minimum atomic E-state index is -0.0928. The summed E-state index contributed by atoms with van der Waals surface area (Å²) in [7, 11) is 3.38. The molecule has 0 aliphatic carbocycles. The summed E-state index contributed by atoms with van der Waals surface area (Å²) in [5.74, 6) is 0.445. The zero-order valence-electron chi connectivity index (χ0n) is 11.7. The lowest BCUT2D eigenvalue weighted by molar-refractivity contribution is -0.130. The molecule has 0 radical (unpaired) electrons. The predicted molar refractivity (Wildman–Crippen MR) is 77.6 cm³/mol. The Hall–Kier alpha value is -1.26. The number of carbonyl (C=O) groups excluding carboxylic acids is 1. The van der Waals surface area contributed by atoms with Crippen LogP contribution in [0.5, 0.6) is 5.75 Å². The third-order valence-electron chi connectivity index (χ3n) is 2.60. The highest BCUT2D eigenvalue weighted by Gasteiger charge is 2.08. The van der Waals surface area contributed by atoms with E-state index in [2.05, 4.69) is 12.2 Å². The number of benzene rings is 1. The molecule has 0 fully saturated rings. The van der Waals surface area contributed by atoms with Crippen LogP contribution in [-0.2, 0) is 11.3 Å². The van der Waals surface area contributed by atoms with E-state index in [-0.39, 0.29) is 12.5 Å². The summed E-state index contributed by atoms with van der Waals surface area (Å²) < 4.78 is 5.40. The largest absolute Gasteiger partial charge is 0.482 e.